The van der Waals surface area contributed by atoms with Crippen molar-refractivity contribution in [2.75, 3.05) is 6.54 Å². The van der Waals surface area contributed by atoms with Crippen LogP contribution >= 0.6 is 0 Å². The van der Waals surface area contributed by atoms with E-state index in [-0.39, 0.29) is 5.75 Å². The summed E-state index contributed by atoms with van der Waals surface area (Å²) in [5.41, 5.74) is 7.29. The Bertz CT molecular complexity index is 468. The Kier molecular flexibility index (Phi) is 3.12. The molecule has 0 radical (unpaired) electrons. The summed E-state index contributed by atoms with van der Waals surface area (Å²) in [7, 11) is 0. The van der Waals surface area contributed by atoms with Gasteiger partial charge in [-0.2, -0.15) is 0 Å². The van der Waals surface area contributed by atoms with Crippen molar-refractivity contribution in [2.24, 2.45) is 5.73 Å². The van der Waals surface area contributed by atoms with E-state index in [1.54, 1.807) is 30.5 Å². The number of hydrogen-bond acceptors (Lipinski definition) is 4. The molecule has 0 fully saturated rings. The second-order valence-electron chi connectivity index (χ2n) is 3.46. The van der Waals surface area contributed by atoms with E-state index >= 15 is 0 Å². The molecule has 0 amide bonds. The van der Waals surface area contributed by atoms with E-state index in [0.29, 0.717) is 12.4 Å². The fourth-order valence-corrected chi connectivity index (χ4v) is 1.43. The molecule has 1 heterocycles. The average molecular weight is 215 g/mol. The van der Waals surface area contributed by atoms with Gasteiger partial charge in [-0.25, -0.2) is 9.97 Å². The van der Waals surface area contributed by atoms with E-state index < -0.39 is 0 Å². The van der Waals surface area contributed by atoms with Gasteiger partial charge in [-0.05, 0) is 36.9 Å². The number of rotatable bonds is 3. The van der Waals surface area contributed by atoms with Crippen LogP contribution in [-0.2, 0) is 6.42 Å². The van der Waals surface area contributed by atoms with Crippen LogP contribution < -0.4 is 5.73 Å². The largest absolute Gasteiger partial charge is 0.508 e. The van der Waals surface area contributed by atoms with Crippen molar-refractivity contribution < 1.29 is 5.11 Å². The molecule has 16 heavy (non-hydrogen) atoms. The van der Waals surface area contributed by atoms with Crippen LogP contribution in [0.3, 0.4) is 0 Å². The highest BCUT2D eigenvalue weighted by atomic mass is 16.3. The summed E-state index contributed by atoms with van der Waals surface area (Å²) in [6.45, 7) is 0.575. The molecule has 0 aliphatic carbocycles. The number of phenols is 1. The van der Waals surface area contributed by atoms with Gasteiger partial charge in [0.05, 0.1) is 0 Å². The first-order valence-corrected chi connectivity index (χ1v) is 5.11. The van der Waals surface area contributed by atoms with Gasteiger partial charge in [0.15, 0.2) is 5.82 Å². The lowest BCUT2D eigenvalue weighted by molar-refractivity contribution is 0.475. The lowest BCUT2D eigenvalue weighted by Crippen LogP contribution is -2.05. The normalized spacial score (nSPS) is 10.3. The lowest BCUT2D eigenvalue weighted by Gasteiger charge is -2.02. The monoisotopic (exact) mass is 215 g/mol. The highest BCUT2D eigenvalue weighted by Crippen LogP contribution is 2.18. The Hall–Kier alpha value is -1.94. The van der Waals surface area contributed by atoms with Crippen molar-refractivity contribution >= 4 is 0 Å². The van der Waals surface area contributed by atoms with Crippen molar-refractivity contribution in [3.8, 4) is 17.1 Å². The minimum atomic E-state index is 0.238. The maximum atomic E-state index is 9.19. The highest BCUT2D eigenvalue weighted by Gasteiger charge is 2.02. The van der Waals surface area contributed by atoms with Crippen LogP contribution in [0.5, 0.6) is 5.75 Å². The summed E-state index contributed by atoms with van der Waals surface area (Å²) in [4.78, 5) is 8.58. The average Bonchev–Trinajstić information content (AvgIpc) is 2.31. The Morgan fingerprint density at radius 1 is 1.12 bits per heavy atom. The summed E-state index contributed by atoms with van der Waals surface area (Å²) >= 11 is 0. The van der Waals surface area contributed by atoms with Gasteiger partial charge in [-0.3, -0.25) is 0 Å². The van der Waals surface area contributed by atoms with Crippen molar-refractivity contribution in [3.05, 3.63) is 42.2 Å². The van der Waals surface area contributed by atoms with E-state index in [0.717, 1.165) is 17.7 Å². The minimum Gasteiger partial charge on any atom is -0.508 e. The van der Waals surface area contributed by atoms with Crippen LogP contribution in [0.4, 0.5) is 0 Å². The molecular weight excluding hydrogens is 202 g/mol. The molecule has 0 saturated carbocycles. The molecule has 0 saturated heterocycles. The topological polar surface area (TPSA) is 72.0 Å². The fraction of sp³-hybridized carbons (Fsp3) is 0.167. The van der Waals surface area contributed by atoms with Crippen LogP contribution in [0.15, 0.2) is 36.5 Å². The Morgan fingerprint density at radius 3 is 2.56 bits per heavy atom. The van der Waals surface area contributed by atoms with Crippen LogP contribution in [0, 0.1) is 0 Å². The fourth-order valence-electron chi connectivity index (χ4n) is 1.43. The van der Waals surface area contributed by atoms with E-state index in [4.69, 9.17) is 5.73 Å². The van der Waals surface area contributed by atoms with Gasteiger partial charge in [0.1, 0.15) is 5.75 Å². The third kappa shape index (κ3) is 2.35. The first-order chi connectivity index (χ1) is 7.79. The van der Waals surface area contributed by atoms with Gasteiger partial charge in [-0.15, -0.1) is 0 Å². The molecule has 0 bridgehead atoms. The Morgan fingerprint density at radius 2 is 1.88 bits per heavy atom. The van der Waals surface area contributed by atoms with Crippen molar-refractivity contribution in [1.82, 2.24) is 9.97 Å². The van der Waals surface area contributed by atoms with Crippen LogP contribution in [0.1, 0.15) is 5.69 Å². The molecule has 0 spiro atoms. The smallest absolute Gasteiger partial charge is 0.159 e. The number of nitrogens with two attached hydrogens (primary N) is 1. The summed E-state index contributed by atoms with van der Waals surface area (Å²) < 4.78 is 0. The zero-order valence-electron chi connectivity index (χ0n) is 8.80. The Labute approximate surface area is 93.8 Å². The molecule has 3 N–H and O–H groups in total. The predicted octanol–water partition coefficient (Wildman–Crippen LogP) is 1.35. The SMILES string of the molecule is NCCc1ccnc(-c2ccc(O)cc2)n1. The van der Waals surface area contributed by atoms with Crippen LogP contribution in [-0.4, -0.2) is 21.6 Å². The van der Waals surface area contributed by atoms with Gasteiger partial charge in [-0.1, -0.05) is 0 Å². The summed E-state index contributed by atoms with van der Waals surface area (Å²) in [6, 6.07) is 8.67. The third-order valence-corrected chi connectivity index (χ3v) is 2.24. The van der Waals surface area contributed by atoms with Gasteiger partial charge < -0.3 is 10.8 Å². The number of aromatic nitrogens is 2. The van der Waals surface area contributed by atoms with Gasteiger partial charge >= 0.3 is 0 Å². The lowest BCUT2D eigenvalue weighted by atomic mass is 10.2. The van der Waals surface area contributed by atoms with E-state index in [2.05, 4.69) is 9.97 Å². The molecule has 0 unspecified atom stereocenters. The molecule has 0 atom stereocenters. The van der Waals surface area contributed by atoms with Crippen molar-refractivity contribution in [2.45, 2.75) is 6.42 Å². The maximum absolute atomic E-state index is 9.19. The molecule has 1 aromatic carbocycles. The van der Waals surface area contributed by atoms with E-state index in [9.17, 15) is 5.11 Å². The van der Waals surface area contributed by atoms with Gasteiger partial charge in [0.2, 0.25) is 0 Å². The second kappa shape index (κ2) is 4.72. The molecule has 2 rings (SSSR count). The number of nitrogens with zero attached hydrogens (tertiary/aromatic N) is 2. The Balaban J connectivity index is 2.32. The zero-order valence-corrected chi connectivity index (χ0v) is 8.80. The van der Waals surface area contributed by atoms with E-state index in [1.165, 1.54) is 0 Å². The van der Waals surface area contributed by atoms with Gasteiger partial charge in [0.25, 0.3) is 0 Å². The van der Waals surface area contributed by atoms with Crippen LogP contribution in [0.2, 0.25) is 0 Å². The molecular formula is C12H13N3O. The molecule has 0 aliphatic rings. The number of phenolic OH excluding ortho intramolecular Hbond substituents is 1. The minimum absolute atomic E-state index is 0.238. The number of benzene rings is 1. The van der Waals surface area contributed by atoms with Crippen LogP contribution in [0.25, 0.3) is 11.4 Å². The molecule has 4 nitrogen and oxygen atoms in total. The first kappa shape index (κ1) is 10.6. The molecule has 4 heteroatoms. The number of hydrogen-bond donors (Lipinski definition) is 2. The highest BCUT2D eigenvalue weighted by molar-refractivity contribution is 5.55. The molecule has 0 aliphatic heterocycles. The molecule has 82 valence electrons. The third-order valence-electron chi connectivity index (χ3n) is 2.24. The standard InChI is InChI=1S/C12H13N3O/c13-7-5-10-6-8-14-12(15-10)9-1-3-11(16)4-2-9/h1-4,6,8,16H,5,7,13H2. The second-order valence-corrected chi connectivity index (χ2v) is 3.46. The van der Waals surface area contributed by atoms with E-state index in [1.807, 2.05) is 6.07 Å². The molecule has 1 aromatic heterocycles. The summed E-state index contributed by atoms with van der Waals surface area (Å²) in [5, 5.41) is 9.19. The first-order valence-electron chi connectivity index (χ1n) is 5.11. The quantitative estimate of drug-likeness (QED) is 0.810. The summed E-state index contributed by atoms with van der Waals surface area (Å²) in [6.07, 6.45) is 2.47. The van der Waals surface area contributed by atoms with Crippen molar-refractivity contribution in [1.29, 1.82) is 0 Å². The molecule has 2 aromatic rings. The maximum Gasteiger partial charge on any atom is 0.159 e. The number of aromatic hydroxyl groups is 1. The summed E-state index contributed by atoms with van der Waals surface area (Å²) in [5.74, 6) is 0.896. The van der Waals surface area contributed by atoms with Crippen molar-refractivity contribution in [3.63, 3.8) is 0 Å². The zero-order chi connectivity index (χ0) is 11.4. The predicted molar refractivity (Wildman–Crippen MR) is 61.9 cm³/mol. The van der Waals surface area contributed by atoms with Gasteiger partial charge in [0, 0.05) is 23.9 Å².